The number of aromatic nitrogens is 4. The van der Waals surface area contributed by atoms with E-state index in [4.69, 9.17) is 17.2 Å². The Labute approximate surface area is 127 Å². The smallest absolute Gasteiger partial charge is 0.195 e. The van der Waals surface area contributed by atoms with Crippen LogP contribution in [-0.2, 0) is 13.1 Å². The minimum atomic E-state index is 0.677. The van der Waals surface area contributed by atoms with Gasteiger partial charge in [0.25, 0.3) is 0 Å². The second kappa shape index (κ2) is 5.75. The minimum absolute atomic E-state index is 0.677. The van der Waals surface area contributed by atoms with E-state index in [1.54, 1.807) is 11.3 Å². The minimum Gasteiger partial charge on any atom is -0.300 e. The van der Waals surface area contributed by atoms with Gasteiger partial charge in [0.1, 0.15) is 5.01 Å². The van der Waals surface area contributed by atoms with Gasteiger partial charge < -0.3 is 0 Å². The molecule has 0 aromatic carbocycles. The molecule has 0 spiro atoms. The molecule has 7 heteroatoms. The molecule has 1 aliphatic rings. The van der Waals surface area contributed by atoms with Crippen LogP contribution in [0.15, 0.2) is 0 Å². The molecule has 1 N–H and O–H groups in total. The van der Waals surface area contributed by atoms with E-state index < -0.39 is 0 Å². The van der Waals surface area contributed by atoms with Crippen LogP contribution in [0.2, 0.25) is 0 Å². The van der Waals surface area contributed by atoms with Gasteiger partial charge in [-0.2, -0.15) is 5.10 Å². The third-order valence-electron chi connectivity index (χ3n) is 3.68. The van der Waals surface area contributed by atoms with Crippen molar-refractivity contribution in [2.24, 2.45) is 0 Å². The van der Waals surface area contributed by atoms with E-state index in [1.165, 1.54) is 30.9 Å². The maximum Gasteiger partial charge on any atom is 0.195 e. The van der Waals surface area contributed by atoms with Crippen LogP contribution in [0.1, 0.15) is 30.5 Å². The molecule has 0 saturated carbocycles. The fraction of sp³-hybridized carbons (Fsp3) is 0.615. The van der Waals surface area contributed by atoms with E-state index in [2.05, 4.69) is 28.9 Å². The maximum atomic E-state index is 5.26. The van der Waals surface area contributed by atoms with E-state index in [-0.39, 0.29) is 0 Å². The fourth-order valence-electron chi connectivity index (χ4n) is 2.64. The summed E-state index contributed by atoms with van der Waals surface area (Å²) in [6, 6.07) is 0. The van der Waals surface area contributed by atoms with Gasteiger partial charge in [0.2, 0.25) is 0 Å². The van der Waals surface area contributed by atoms with Crippen molar-refractivity contribution in [3.8, 4) is 10.7 Å². The molecule has 1 fully saturated rings. The summed E-state index contributed by atoms with van der Waals surface area (Å²) in [6.07, 6.45) is 2.62. The van der Waals surface area contributed by atoms with Crippen LogP contribution in [0.4, 0.5) is 0 Å². The van der Waals surface area contributed by atoms with Gasteiger partial charge in [0, 0.05) is 6.54 Å². The third-order valence-corrected chi connectivity index (χ3v) is 5.13. The highest BCUT2D eigenvalue weighted by Crippen LogP contribution is 2.29. The second-order valence-electron chi connectivity index (χ2n) is 5.10. The number of aromatic amines is 1. The van der Waals surface area contributed by atoms with Gasteiger partial charge in [0.05, 0.1) is 17.1 Å². The molecule has 3 rings (SSSR count). The van der Waals surface area contributed by atoms with Crippen LogP contribution in [-0.4, -0.2) is 37.7 Å². The van der Waals surface area contributed by atoms with Crippen molar-refractivity contribution in [1.82, 2.24) is 24.6 Å². The Morgan fingerprint density at radius 2 is 2.10 bits per heavy atom. The summed E-state index contributed by atoms with van der Waals surface area (Å²) in [5.41, 5.74) is 1.05. The molecular weight excluding hydrogens is 290 g/mol. The van der Waals surface area contributed by atoms with Crippen LogP contribution in [0.3, 0.4) is 0 Å². The molecule has 1 aliphatic heterocycles. The van der Waals surface area contributed by atoms with Gasteiger partial charge in [-0.25, -0.2) is 4.98 Å². The monoisotopic (exact) mass is 309 g/mol. The van der Waals surface area contributed by atoms with Crippen molar-refractivity contribution in [3.63, 3.8) is 0 Å². The first-order valence-electron chi connectivity index (χ1n) is 7.03. The molecule has 2 aromatic heterocycles. The molecule has 0 bridgehead atoms. The molecule has 0 atom stereocenters. The number of H-pyrrole nitrogens is 1. The van der Waals surface area contributed by atoms with E-state index in [9.17, 15) is 0 Å². The molecule has 0 amide bonds. The highest BCUT2D eigenvalue weighted by Gasteiger charge is 2.18. The fourth-order valence-corrected chi connectivity index (χ4v) is 4.01. The Morgan fingerprint density at radius 3 is 2.80 bits per heavy atom. The Bertz CT molecular complexity index is 648. The molecule has 1 saturated heterocycles. The highest BCUT2D eigenvalue weighted by molar-refractivity contribution is 7.71. The molecular formula is C13H19N5S2. The zero-order valence-corrected chi connectivity index (χ0v) is 13.5. The Balaban J connectivity index is 1.90. The number of nitrogens with zero attached hydrogens (tertiary/aromatic N) is 4. The van der Waals surface area contributed by atoms with Gasteiger partial charge in [-0.05, 0) is 52.0 Å². The van der Waals surface area contributed by atoms with Gasteiger partial charge in [-0.15, -0.1) is 11.3 Å². The first-order valence-corrected chi connectivity index (χ1v) is 8.25. The van der Waals surface area contributed by atoms with Crippen molar-refractivity contribution in [2.45, 2.75) is 39.8 Å². The van der Waals surface area contributed by atoms with E-state index in [0.717, 1.165) is 29.5 Å². The van der Waals surface area contributed by atoms with Gasteiger partial charge in [0.15, 0.2) is 10.6 Å². The Hall–Kier alpha value is -1.05. The summed E-state index contributed by atoms with van der Waals surface area (Å²) in [7, 11) is 0. The number of likely N-dealkylation sites (tertiary alicyclic amines) is 1. The SMILES string of the molecule is CCn1c(-c2sc(CN3CCCC3)nc2C)n[nH]c1=S. The number of rotatable bonds is 4. The lowest BCUT2D eigenvalue weighted by atomic mass is 10.3. The van der Waals surface area contributed by atoms with E-state index >= 15 is 0 Å². The molecule has 108 valence electrons. The normalized spacial score (nSPS) is 16.1. The zero-order valence-electron chi connectivity index (χ0n) is 11.8. The average molecular weight is 309 g/mol. The van der Waals surface area contributed by atoms with Crippen molar-refractivity contribution in [3.05, 3.63) is 15.5 Å². The van der Waals surface area contributed by atoms with Gasteiger partial charge in [-0.1, -0.05) is 0 Å². The van der Waals surface area contributed by atoms with E-state index in [0.29, 0.717) is 4.77 Å². The number of aryl methyl sites for hydroxylation is 1. The van der Waals surface area contributed by atoms with Crippen molar-refractivity contribution in [1.29, 1.82) is 0 Å². The zero-order chi connectivity index (χ0) is 14.1. The number of hydrogen-bond donors (Lipinski definition) is 1. The lowest BCUT2D eigenvalue weighted by Gasteiger charge is -2.11. The molecule has 2 aromatic rings. The van der Waals surface area contributed by atoms with Crippen LogP contribution < -0.4 is 0 Å². The summed E-state index contributed by atoms with van der Waals surface area (Å²) in [5, 5.41) is 8.42. The quantitative estimate of drug-likeness (QED) is 0.882. The first kappa shape index (κ1) is 13.9. The lowest BCUT2D eigenvalue weighted by molar-refractivity contribution is 0.330. The standard InChI is InChI=1S/C13H19N5S2/c1-3-18-12(15-16-13(18)19)11-9(2)14-10(20-11)8-17-6-4-5-7-17/h3-8H2,1-2H3,(H,16,19). The van der Waals surface area contributed by atoms with Crippen LogP contribution in [0.25, 0.3) is 10.7 Å². The van der Waals surface area contributed by atoms with Gasteiger partial charge in [-0.3, -0.25) is 14.6 Å². The molecule has 0 unspecified atom stereocenters. The number of thiazole rings is 1. The summed E-state index contributed by atoms with van der Waals surface area (Å²) in [6.45, 7) is 8.31. The van der Waals surface area contributed by atoms with Crippen molar-refractivity contribution >= 4 is 23.6 Å². The van der Waals surface area contributed by atoms with Crippen molar-refractivity contribution in [2.75, 3.05) is 13.1 Å². The predicted molar refractivity (Wildman–Crippen MR) is 83.4 cm³/mol. The average Bonchev–Trinajstić information content (AvgIpc) is 3.11. The highest BCUT2D eigenvalue weighted by atomic mass is 32.1. The van der Waals surface area contributed by atoms with Crippen LogP contribution >= 0.6 is 23.6 Å². The van der Waals surface area contributed by atoms with E-state index in [1.807, 2.05) is 4.57 Å². The van der Waals surface area contributed by atoms with Crippen LogP contribution in [0.5, 0.6) is 0 Å². The Morgan fingerprint density at radius 1 is 1.35 bits per heavy atom. The molecule has 20 heavy (non-hydrogen) atoms. The summed E-state index contributed by atoms with van der Waals surface area (Å²) in [5.74, 6) is 0.917. The molecule has 5 nitrogen and oxygen atoms in total. The summed E-state index contributed by atoms with van der Waals surface area (Å²) >= 11 is 7.00. The van der Waals surface area contributed by atoms with Gasteiger partial charge >= 0.3 is 0 Å². The molecule has 3 heterocycles. The maximum absolute atomic E-state index is 5.26. The molecule has 0 aliphatic carbocycles. The number of hydrogen-bond acceptors (Lipinski definition) is 5. The summed E-state index contributed by atoms with van der Waals surface area (Å²) in [4.78, 5) is 8.31. The second-order valence-corrected chi connectivity index (χ2v) is 6.57. The first-order chi connectivity index (χ1) is 9.69. The number of nitrogens with one attached hydrogen (secondary N) is 1. The van der Waals surface area contributed by atoms with Crippen LogP contribution in [0, 0.1) is 11.7 Å². The topological polar surface area (TPSA) is 49.7 Å². The molecule has 0 radical (unpaired) electrons. The predicted octanol–water partition coefficient (Wildman–Crippen LogP) is 2.99. The van der Waals surface area contributed by atoms with Crippen molar-refractivity contribution < 1.29 is 0 Å². The largest absolute Gasteiger partial charge is 0.300 e. The third kappa shape index (κ3) is 2.57. The lowest BCUT2D eigenvalue weighted by Crippen LogP contribution is -2.18. The Kier molecular flexibility index (Phi) is 4.00. The summed E-state index contributed by atoms with van der Waals surface area (Å²) < 4.78 is 2.70.